The Balaban J connectivity index is 2.34. The minimum atomic E-state index is -3.33. The van der Waals surface area contributed by atoms with Crippen molar-refractivity contribution in [2.75, 3.05) is 6.54 Å². The van der Waals surface area contributed by atoms with Crippen LogP contribution in [0.3, 0.4) is 0 Å². The first kappa shape index (κ1) is 14.3. The van der Waals surface area contributed by atoms with Gasteiger partial charge in [0.05, 0.1) is 5.88 Å². The summed E-state index contributed by atoms with van der Waals surface area (Å²) >= 11 is 7.11. The van der Waals surface area contributed by atoms with Crippen LogP contribution in [0.4, 0.5) is 0 Å². The molecule has 0 saturated carbocycles. The van der Waals surface area contributed by atoms with Crippen molar-refractivity contribution in [2.45, 2.75) is 49.2 Å². The summed E-state index contributed by atoms with van der Waals surface area (Å²) in [5.41, 5.74) is 0.971. The van der Waals surface area contributed by atoms with Crippen LogP contribution in [-0.2, 0) is 15.9 Å². The number of halogens is 1. The summed E-state index contributed by atoms with van der Waals surface area (Å²) in [6.45, 7) is 4.53. The smallest absolute Gasteiger partial charge is 0.206 e. The van der Waals surface area contributed by atoms with Crippen LogP contribution >= 0.6 is 22.9 Å². The summed E-state index contributed by atoms with van der Waals surface area (Å²) in [5, 5.41) is 0. The maximum Gasteiger partial charge on any atom is 0.252 e. The van der Waals surface area contributed by atoms with Gasteiger partial charge < -0.3 is 0 Å². The second kappa shape index (κ2) is 5.49. The van der Waals surface area contributed by atoms with Crippen molar-refractivity contribution in [2.24, 2.45) is 0 Å². The van der Waals surface area contributed by atoms with Gasteiger partial charge in [-0.1, -0.05) is 6.42 Å². The van der Waals surface area contributed by atoms with Crippen LogP contribution in [0.5, 0.6) is 0 Å². The lowest BCUT2D eigenvalue weighted by Gasteiger charge is -2.31. The standard InChI is InChI=1S/C12H18ClNO2S2/c1-9-7-12(17-11(9)8-13)18(15,16)14-6-4-3-5-10(14)2/h7,10H,3-6,8H2,1-2H3. The quantitative estimate of drug-likeness (QED) is 0.803. The summed E-state index contributed by atoms with van der Waals surface area (Å²) in [5.74, 6) is 0.377. The second-order valence-corrected chi connectivity index (χ2v) is 8.29. The summed E-state index contributed by atoms with van der Waals surface area (Å²) < 4.78 is 27.2. The number of hydrogen-bond acceptors (Lipinski definition) is 3. The third-order valence-corrected chi connectivity index (χ3v) is 7.55. The molecule has 102 valence electrons. The Hall–Kier alpha value is -0.100. The zero-order valence-corrected chi connectivity index (χ0v) is 13.0. The molecular weight excluding hydrogens is 290 g/mol. The Morgan fingerprint density at radius 3 is 2.78 bits per heavy atom. The van der Waals surface area contributed by atoms with Crippen molar-refractivity contribution in [3.8, 4) is 0 Å². The summed E-state index contributed by atoms with van der Waals surface area (Å²) in [6, 6.07) is 1.85. The lowest BCUT2D eigenvalue weighted by molar-refractivity contribution is 0.269. The number of thiophene rings is 1. The third kappa shape index (κ3) is 2.59. The molecule has 0 aliphatic carbocycles. The average molecular weight is 308 g/mol. The van der Waals surface area contributed by atoms with Gasteiger partial charge in [0.25, 0.3) is 10.0 Å². The second-order valence-electron chi connectivity index (χ2n) is 4.77. The zero-order chi connectivity index (χ0) is 13.3. The predicted molar refractivity (Wildman–Crippen MR) is 75.8 cm³/mol. The zero-order valence-electron chi connectivity index (χ0n) is 10.6. The Labute approximate surface area is 118 Å². The van der Waals surface area contributed by atoms with E-state index in [1.807, 2.05) is 13.8 Å². The molecule has 6 heteroatoms. The molecule has 0 spiro atoms. The van der Waals surface area contributed by atoms with Gasteiger partial charge in [-0.2, -0.15) is 4.31 Å². The molecule has 0 radical (unpaired) electrons. The Kier molecular flexibility index (Phi) is 4.36. The van der Waals surface area contributed by atoms with Crippen molar-refractivity contribution >= 4 is 33.0 Å². The van der Waals surface area contributed by atoms with E-state index in [0.717, 1.165) is 29.7 Å². The van der Waals surface area contributed by atoms with Gasteiger partial charge >= 0.3 is 0 Å². The van der Waals surface area contributed by atoms with Crippen molar-refractivity contribution < 1.29 is 8.42 Å². The van der Waals surface area contributed by atoms with E-state index in [-0.39, 0.29) is 6.04 Å². The van der Waals surface area contributed by atoms with E-state index in [1.165, 1.54) is 11.3 Å². The van der Waals surface area contributed by atoms with Crippen LogP contribution in [-0.4, -0.2) is 25.3 Å². The molecule has 0 bridgehead atoms. The van der Waals surface area contributed by atoms with Gasteiger partial charge in [0, 0.05) is 17.5 Å². The normalized spacial score (nSPS) is 22.3. The molecule has 1 aromatic heterocycles. The predicted octanol–water partition coefficient (Wildman–Crippen LogP) is 3.36. The molecule has 1 atom stereocenters. The van der Waals surface area contributed by atoms with E-state index in [2.05, 4.69) is 0 Å². The molecule has 1 aliphatic rings. The fraction of sp³-hybridized carbons (Fsp3) is 0.667. The van der Waals surface area contributed by atoms with Crippen LogP contribution in [0.1, 0.15) is 36.6 Å². The lowest BCUT2D eigenvalue weighted by atomic mass is 10.1. The van der Waals surface area contributed by atoms with E-state index in [9.17, 15) is 8.42 Å². The van der Waals surface area contributed by atoms with E-state index < -0.39 is 10.0 Å². The molecular formula is C12H18ClNO2S2. The monoisotopic (exact) mass is 307 g/mol. The number of alkyl halides is 1. The maximum absolute atomic E-state index is 12.6. The molecule has 1 fully saturated rings. The summed E-state index contributed by atoms with van der Waals surface area (Å²) in [7, 11) is -3.33. The first-order valence-corrected chi connectivity index (χ1v) is 8.93. The van der Waals surface area contributed by atoms with Gasteiger partial charge in [-0.05, 0) is 38.3 Å². The highest BCUT2D eigenvalue weighted by Crippen LogP contribution is 2.32. The van der Waals surface area contributed by atoms with E-state index in [1.54, 1.807) is 10.4 Å². The van der Waals surface area contributed by atoms with Crippen molar-refractivity contribution in [3.63, 3.8) is 0 Å². The van der Waals surface area contributed by atoms with Crippen LogP contribution in [0.2, 0.25) is 0 Å². The van der Waals surface area contributed by atoms with Crippen LogP contribution in [0.15, 0.2) is 10.3 Å². The van der Waals surface area contributed by atoms with Gasteiger partial charge in [-0.3, -0.25) is 0 Å². The molecule has 18 heavy (non-hydrogen) atoms. The van der Waals surface area contributed by atoms with Crippen molar-refractivity contribution in [1.29, 1.82) is 0 Å². The fourth-order valence-electron chi connectivity index (χ4n) is 2.29. The first-order chi connectivity index (χ1) is 8.46. The highest BCUT2D eigenvalue weighted by molar-refractivity contribution is 7.91. The van der Waals surface area contributed by atoms with Gasteiger partial charge in [0.1, 0.15) is 4.21 Å². The molecule has 0 amide bonds. The van der Waals surface area contributed by atoms with Gasteiger partial charge in [0.2, 0.25) is 0 Å². The van der Waals surface area contributed by atoms with E-state index in [0.29, 0.717) is 16.6 Å². The Morgan fingerprint density at radius 1 is 1.50 bits per heavy atom. The van der Waals surface area contributed by atoms with Gasteiger partial charge in [-0.15, -0.1) is 22.9 Å². The number of rotatable bonds is 3. The number of nitrogens with zero attached hydrogens (tertiary/aromatic N) is 1. The Morgan fingerprint density at radius 2 is 2.22 bits per heavy atom. The molecule has 2 heterocycles. The number of piperidine rings is 1. The molecule has 1 unspecified atom stereocenters. The largest absolute Gasteiger partial charge is 0.252 e. The van der Waals surface area contributed by atoms with Crippen LogP contribution < -0.4 is 0 Å². The third-order valence-electron chi connectivity index (χ3n) is 3.42. The highest BCUT2D eigenvalue weighted by atomic mass is 35.5. The molecule has 0 aromatic carbocycles. The lowest BCUT2D eigenvalue weighted by Crippen LogP contribution is -2.41. The van der Waals surface area contributed by atoms with Crippen molar-refractivity contribution in [1.82, 2.24) is 4.31 Å². The summed E-state index contributed by atoms with van der Waals surface area (Å²) in [6.07, 6.45) is 3.02. The molecule has 1 aliphatic heterocycles. The fourth-order valence-corrected chi connectivity index (χ4v) is 5.94. The van der Waals surface area contributed by atoms with E-state index in [4.69, 9.17) is 11.6 Å². The topological polar surface area (TPSA) is 37.4 Å². The number of aryl methyl sites for hydroxylation is 1. The molecule has 2 rings (SSSR count). The summed E-state index contributed by atoms with van der Waals surface area (Å²) in [4.78, 5) is 0.944. The number of sulfonamides is 1. The molecule has 0 N–H and O–H groups in total. The van der Waals surface area contributed by atoms with Crippen LogP contribution in [0, 0.1) is 6.92 Å². The molecule has 3 nitrogen and oxygen atoms in total. The minimum absolute atomic E-state index is 0.102. The van der Waals surface area contributed by atoms with Crippen LogP contribution in [0.25, 0.3) is 0 Å². The van der Waals surface area contributed by atoms with Crippen molar-refractivity contribution in [3.05, 3.63) is 16.5 Å². The molecule has 1 saturated heterocycles. The minimum Gasteiger partial charge on any atom is -0.206 e. The van der Waals surface area contributed by atoms with Gasteiger partial charge in [-0.25, -0.2) is 8.42 Å². The SMILES string of the molecule is Cc1cc(S(=O)(=O)N2CCCCC2C)sc1CCl. The number of hydrogen-bond donors (Lipinski definition) is 0. The molecule has 1 aromatic rings. The average Bonchev–Trinajstić information content (AvgIpc) is 2.71. The van der Waals surface area contributed by atoms with E-state index >= 15 is 0 Å². The van der Waals surface area contributed by atoms with Gasteiger partial charge in [0.15, 0.2) is 0 Å². The maximum atomic E-state index is 12.6. The first-order valence-electron chi connectivity index (χ1n) is 6.14. The Bertz CT molecular complexity index is 524. The highest BCUT2D eigenvalue weighted by Gasteiger charge is 2.32.